The maximum atomic E-state index is 12.8. The molecule has 1 saturated heterocycles. The number of rotatable bonds is 7. The minimum Gasteiger partial charge on any atom is -0.489 e. The van der Waals surface area contributed by atoms with Gasteiger partial charge in [-0.25, -0.2) is 4.98 Å². The number of pyridine rings is 1. The van der Waals surface area contributed by atoms with E-state index >= 15 is 0 Å². The number of aryl methyl sites for hydroxylation is 1. The second kappa shape index (κ2) is 9.46. The van der Waals surface area contributed by atoms with Crippen molar-refractivity contribution in [1.29, 1.82) is 0 Å². The van der Waals surface area contributed by atoms with Crippen LogP contribution in [0, 0.1) is 6.92 Å². The smallest absolute Gasteiger partial charge is 0.255 e. The van der Waals surface area contributed by atoms with Crippen molar-refractivity contribution in [2.75, 3.05) is 18.4 Å². The highest BCUT2D eigenvalue weighted by molar-refractivity contribution is 6.04. The Morgan fingerprint density at radius 3 is 2.52 bits per heavy atom. The average molecular weight is 441 g/mol. The van der Waals surface area contributed by atoms with Gasteiger partial charge in [0, 0.05) is 24.0 Å². The molecule has 0 unspecified atom stereocenters. The first-order valence-electron chi connectivity index (χ1n) is 11.4. The van der Waals surface area contributed by atoms with Gasteiger partial charge < -0.3 is 14.5 Å². The van der Waals surface area contributed by atoms with Gasteiger partial charge in [-0.2, -0.15) is 0 Å². The summed E-state index contributed by atoms with van der Waals surface area (Å²) in [5.41, 5.74) is 5.55. The molecule has 0 radical (unpaired) electrons. The Morgan fingerprint density at radius 1 is 1.00 bits per heavy atom. The van der Waals surface area contributed by atoms with Crippen molar-refractivity contribution in [3.05, 3.63) is 95.4 Å². The second-order valence-electron chi connectivity index (χ2n) is 8.53. The van der Waals surface area contributed by atoms with Crippen molar-refractivity contribution < 1.29 is 9.53 Å². The van der Waals surface area contributed by atoms with Crippen LogP contribution in [-0.2, 0) is 13.2 Å². The Hall–Kier alpha value is -3.64. The van der Waals surface area contributed by atoms with Gasteiger partial charge in [-0.05, 0) is 74.8 Å². The van der Waals surface area contributed by atoms with E-state index in [0.717, 1.165) is 53.7 Å². The monoisotopic (exact) mass is 440 g/mol. The van der Waals surface area contributed by atoms with Crippen molar-refractivity contribution in [3.8, 4) is 5.75 Å². The van der Waals surface area contributed by atoms with Crippen LogP contribution in [0.5, 0.6) is 5.75 Å². The molecule has 1 amide bonds. The van der Waals surface area contributed by atoms with Crippen molar-refractivity contribution in [3.63, 3.8) is 0 Å². The average Bonchev–Trinajstić information content (AvgIpc) is 3.47. The number of nitrogens with zero attached hydrogens (tertiary/aromatic N) is 3. The lowest BCUT2D eigenvalue weighted by molar-refractivity contribution is 0.102. The first-order valence-corrected chi connectivity index (χ1v) is 11.4. The molecule has 0 saturated carbocycles. The predicted octanol–water partition coefficient (Wildman–Crippen LogP) is 5.07. The van der Waals surface area contributed by atoms with Crippen molar-refractivity contribution in [2.45, 2.75) is 32.9 Å². The number of hydrogen-bond acceptors (Lipinski definition) is 4. The van der Waals surface area contributed by atoms with Crippen LogP contribution in [0.3, 0.4) is 0 Å². The molecular formula is C27H28N4O2. The van der Waals surface area contributed by atoms with Gasteiger partial charge in [0.1, 0.15) is 18.0 Å². The van der Waals surface area contributed by atoms with E-state index in [1.807, 2.05) is 60.8 Å². The number of nitrogens with one attached hydrogen (secondary N) is 1. The van der Waals surface area contributed by atoms with Crippen molar-refractivity contribution in [1.82, 2.24) is 14.3 Å². The van der Waals surface area contributed by atoms with E-state index in [4.69, 9.17) is 9.72 Å². The lowest BCUT2D eigenvalue weighted by Gasteiger charge is -2.12. The van der Waals surface area contributed by atoms with E-state index in [-0.39, 0.29) is 5.91 Å². The van der Waals surface area contributed by atoms with Gasteiger partial charge in [-0.3, -0.25) is 9.69 Å². The van der Waals surface area contributed by atoms with E-state index in [0.29, 0.717) is 12.2 Å². The molecule has 33 heavy (non-hydrogen) atoms. The molecule has 0 bridgehead atoms. The lowest BCUT2D eigenvalue weighted by Crippen LogP contribution is -2.19. The van der Waals surface area contributed by atoms with Crippen molar-refractivity contribution in [2.24, 2.45) is 0 Å². The zero-order valence-corrected chi connectivity index (χ0v) is 18.8. The SMILES string of the molecule is Cc1c(CN2CCCC2)nc2ccc(NC(=O)c3ccc(OCc4ccccc4)cc3)cn12. The molecule has 6 nitrogen and oxygen atoms in total. The number of amides is 1. The maximum absolute atomic E-state index is 12.8. The number of aromatic nitrogens is 2. The summed E-state index contributed by atoms with van der Waals surface area (Å²) in [6, 6.07) is 21.1. The Labute approximate surface area is 193 Å². The molecule has 2 aromatic heterocycles. The summed E-state index contributed by atoms with van der Waals surface area (Å²) in [7, 11) is 0. The quantitative estimate of drug-likeness (QED) is 0.436. The molecule has 0 spiro atoms. The topological polar surface area (TPSA) is 58.9 Å². The van der Waals surface area contributed by atoms with E-state index in [9.17, 15) is 4.79 Å². The Balaban J connectivity index is 1.24. The summed E-state index contributed by atoms with van der Waals surface area (Å²) in [5.74, 6) is 0.579. The molecule has 2 aromatic carbocycles. The molecule has 168 valence electrons. The molecule has 1 N–H and O–H groups in total. The molecular weight excluding hydrogens is 412 g/mol. The van der Waals surface area contributed by atoms with Crippen LogP contribution in [0.1, 0.15) is 40.2 Å². The molecule has 1 aliphatic rings. The third-order valence-corrected chi connectivity index (χ3v) is 6.15. The molecule has 1 aliphatic heterocycles. The van der Waals surface area contributed by atoms with Crippen LogP contribution < -0.4 is 10.1 Å². The Morgan fingerprint density at radius 2 is 1.76 bits per heavy atom. The number of carbonyl (C=O) groups is 1. The van der Waals surface area contributed by atoms with E-state index in [2.05, 4.69) is 21.5 Å². The van der Waals surface area contributed by atoms with Crippen molar-refractivity contribution >= 4 is 17.2 Å². The summed E-state index contributed by atoms with van der Waals surface area (Å²) in [5, 5.41) is 3.00. The molecule has 6 heteroatoms. The maximum Gasteiger partial charge on any atom is 0.255 e. The minimum absolute atomic E-state index is 0.154. The fourth-order valence-corrected chi connectivity index (χ4v) is 4.23. The third kappa shape index (κ3) is 4.91. The van der Waals surface area contributed by atoms with Crippen LogP contribution in [-0.4, -0.2) is 33.3 Å². The van der Waals surface area contributed by atoms with E-state index in [1.165, 1.54) is 12.8 Å². The largest absolute Gasteiger partial charge is 0.489 e. The van der Waals surface area contributed by atoms with Gasteiger partial charge >= 0.3 is 0 Å². The molecule has 4 aromatic rings. The predicted molar refractivity (Wildman–Crippen MR) is 130 cm³/mol. The number of carbonyl (C=O) groups excluding carboxylic acids is 1. The molecule has 1 fully saturated rings. The highest BCUT2D eigenvalue weighted by Gasteiger charge is 2.16. The molecule has 5 rings (SSSR count). The highest BCUT2D eigenvalue weighted by Crippen LogP contribution is 2.20. The highest BCUT2D eigenvalue weighted by atomic mass is 16.5. The standard InChI is InChI=1S/C27H28N4O2/c1-20-25(18-30-15-5-6-16-30)29-26-14-11-23(17-31(20)26)28-27(32)22-9-12-24(13-10-22)33-19-21-7-3-2-4-8-21/h2-4,7-14,17H,5-6,15-16,18-19H2,1H3,(H,28,32). The van der Waals surface area contributed by atoms with Crippen LogP contribution in [0.15, 0.2) is 72.9 Å². The van der Waals surface area contributed by atoms with Gasteiger partial charge in [-0.1, -0.05) is 30.3 Å². The fourth-order valence-electron chi connectivity index (χ4n) is 4.23. The Kier molecular flexibility index (Phi) is 6.09. The lowest BCUT2D eigenvalue weighted by atomic mass is 10.2. The summed E-state index contributed by atoms with van der Waals surface area (Å²) in [6.07, 6.45) is 4.48. The minimum atomic E-state index is -0.154. The van der Waals surface area contributed by atoms with E-state index < -0.39 is 0 Å². The van der Waals surface area contributed by atoms with Crippen LogP contribution in [0.2, 0.25) is 0 Å². The number of benzene rings is 2. The van der Waals surface area contributed by atoms with Crippen LogP contribution >= 0.6 is 0 Å². The Bertz CT molecular complexity index is 1240. The zero-order chi connectivity index (χ0) is 22.6. The normalized spacial score (nSPS) is 14.0. The number of ether oxygens (including phenoxy) is 1. The molecule has 3 heterocycles. The van der Waals surface area contributed by atoms with E-state index in [1.54, 1.807) is 12.1 Å². The zero-order valence-electron chi connectivity index (χ0n) is 18.8. The number of anilines is 1. The van der Waals surface area contributed by atoms with Gasteiger partial charge in [0.05, 0.1) is 11.4 Å². The van der Waals surface area contributed by atoms with Crippen LogP contribution in [0.4, 0.5) is 5.69 Å². The number of likely N-dealkylation sites (tertiary alicyclic amines) is 1. The summed E-state index contributed by atoms with van der Waals surface area (Å²) < 4.78 is 7.87. The first-order chi connectivity index (χ1) is 16.2. The summed E-state index contributed by atoms with van der Waals surface area (Å²) >= 11 is 0. The molecule has 0 atom stereocenters. The van der Waals surface area contributed by atoms with Gasteiger partial charge in [0.25, 0.3) is 5.91 Å². The summed E-state index contributed by atoms with van der Waals surface area (Å²) in [6.45, 7) is 5.75. The summed E-state index contributed by atoms with van der Waals surface area (Å²) in [4.78, 5) is 20.0. The number of hydrogen-bond donors (Lipinski definition) is 1. The van der Waals surface area contributed by atoms with Gasteiger partial charge in [0.15, 0.2) is 0 Å². The molecule has 0 aliphatic carbocycles. The fraction of sp³-hybridized carbons (Fsp3) is 0.259. The number of imidazole rings is 1. The second-order valence-corrected chi connectivity index (χ2v) is 8.53. The van der Waals surface area contributed by atoms with Gasteiger partial charge in [0.2, 0.25) is 0 Å². The third-order valence-electron chi connectivity index (χ3n) is 6.15. The number of fused-ring (bicyclic) bond motifs is 1. The van der Waals surface area contributed by atoms with Crippen LogP contribution in [0.25, 0.3) is 5.65 Å². The first kappa shape index (κ1) is 21.2. The van der Waals surface area contributed by atoms with Gasteiger partial charge in [-0.15, -0.1) is 0 Å².